The fourth-order valence-electron chi connectivity index (χ4n) is 1.68. The predicted octanol–water partition coefficient (Wildman–Crippen LogP) is 3.18. The molecule has 1 aromatic rings. The van der Waals surface area contributed by atoms with Crippen LogP contribution < -0.4 is 5.32 Å². The molecule has 1 N–H and O–H groups in total. The molecule has 1 unspecified atom stereocenters. The zero-order valence-corrected chi connectivity index (χ0v) is 11.4. The molecule has 1 rings (SSSR count). The van der Waals surface area contributed by atoms with Crippen molar-refractivity contribution in [2.75, 3.05) is 19.0 Å². The summed E-state index contributed by atoms with van der Waals surface area (Å²) in [6.45, 7) is 6.32. The summed E-state index contributed by atoms with van der Waals surface area (Å²) in [6, 6.07) is 3.96. The Hall–Kier alpha value is -1.22. The maximum Gasteiger partial charge on any atom is 0.310 e. The highest BCUT2D eigenvalue weighted by atomic mass is 35.5. The minimum atomic E-state index is -0.224. The van der Waals surface area contributed by atoms with Crippen LogP contribution >= 0.6 is 11.6 Å². The molecule has 0 radical (unpaired) electrons. The van der Waals surface area contributed by atoms with Crippen LogP contribution in [-0.4, -0.2) is 19.6 Å². The molecule has 0 saturated heterocycles. The van der Waals surface area contributed by atoms with Crippen molar-refractivity contribution < 1.29 is 9.53 Å². The van der Waals surface area contributed by atoms with Gasteiger partial charge in [0.05, 0.1) is 23.7 Å². The number of carbonyl (C=O) groups is 1. The Morgan fingerprint density at radius 2 is 2.12 bits per heavy atom. The number of hydrogen-bond donors (Lipinski definition) is 1. The van der Waals surface area contributed by atoms with E-state index in [-0.39, 0.29) is 11.9 Å². The van der Waals surface area contributed by atoms with Gasteiger partial charge < -0.3 is 10.1 Å². The van der Waals surface area contributed by atoms with E-state index in [1.54, 1.807) is 0 Å². The maximum atomic E-state index is 11.3. The average molecular weight is 256 g/mol. The lowest BCUT2D eigenvalue weighted by Crippen LogP contribution is -2.21. The molecule has 0 aliphatic heterocycles. The van der Waals surface area contributed by atoms with Gasteiger partial charge in [0, 0.05) is 6.54 Å². The fourth-order valence-corrected chi connectivity index (χ4v) is 2.07. The third-order valence-electron chi connectivity index (χ3n) is 2.62. The van der Waals surface area contributed by atoms with Crippen molar-refractivity contribution in [3.63, 3.8) is 0 Å². The highest BCUT2D eigenvalue weighted by Gasteiger charge is 2.14. The Kier molecular flexibility index (Phi) is 4.82. The van der Waals surface area contributed by atoms with Gasteiger partial charge in [0.1, 0.15) is 0 Å². The van der Waals surface area contributed by atoms with Gasteiger partial charge in [0.15, 0.2) is 0 Å². The highest BCUT2D eigenvalue weighted by Crippen LogP contribution is 2.27. The topological polar surface area (TPSA) is 38.3 Å². The molecule has 4 heteroatoms. The first kappa shape index (κ1) is 13.8. The van der Waals surface area contributed by atoms with E-state index in [4.69, 9.17) is 11.6 Å². The fraction of sp³-hybridized carbons (Fsp3) is 0.462. The van der Waals surface area contributed by atoms with E-state index in [0.717, 1.165) is 16.8 Å². The van der Waals surface area contributed by atoms with Crippen molar-refractivity contribution in [1.82, 2.24) is 0 Å². The summed E-state index contributed by atoms with van der Waals surface area (Å²) in [5, 5.41) is 3.87. The van der Waals surface area contributed by atoms with E-state index in [2.05, 4.69) is 16.1 Å². The minimum absolute atomic E-state index is 0.197. The molecule has 0 aliphatic rings. The Bertz CT molecular complexity index is 395. The Morgan fingerprint density at radius 1 is 1.47 bits per heavy atom. The molecule has 3 nitrogen and oxygen atoms in total. The second-order valence-electron chi connectivity index (χ2n) is 4.24. The molecule has 1 atom stereocenters. The number of methoxy groups -OCH3 is 1. The van der Waals surface area contributed by atoms with E-state index >= 15 is 0 Å². The molecule has 0 spiro atoms. The van der Waals surface area contributed by atoms with Crippen LogP contribution in [0.1, 0.15) is 18.1 Å². The Balaban J connectivity index is 2.73. The number of esters is 1. The molecule has 0 aromatic heterocycles. The molecular weight excluding hydrogens is 238 g/mol. The zero-order valence-electron chi connectivity index (χ0n) is 10.6. The van der Waals surface area contributed by atoms with Crippen molar-refractivity contribution in [2.45, 2.75) is 20.8 Å². The third-order valence-corrected chi connectivity index (χ3v) is 2.92. The van der Waals surface area contributed by atoms with Crippen LogP contribution in [-0.2, 0) is 9.53 Å². The summed E-state index contributed by atoms with van der Waals surface area (Å²) in [7, 11) is 1.39. The van der Waals surface area contributed by atoms with Gasteiger partial charge in [-0.15, -0.1) is 0 Å². The number of carbonyl (C=O) groups excluding carboxylic acids is 1. The third kappa shape index (κ3) is 3.63. The number of benzene rings is 1. The van der Waals surface area contributed by atoms with Crippen LogP contribution in [0.3, 0.4) is 0 Å². The van der Waals surface area contributed by atoms with Crippen LogP contribution in [0.25, 0.3) is 0 Å². The average Bonchev–Trinajstić information content (AvgIpc) is 2.26. The van der Waals surface area contributed by atoms with Crippen molar-refractivity contribution in [1.29, 1.82) is 0 Å². The molecular formula is C13H18ClNO2. The maximum absolute atomic E-state index is 11.3. The molecule has 17 heavy (non-hydrogen) atoms. The molecule has 0 saturated carbocycles. The molecule has 0 bridgehead atoms. The van der Waals surface area contributed by atoms with Gasteiger partial charge in [-0.25, -0.2) is 0 Å². The monoisotopic (exact) mass is 255 g/mol. The number of aryl methyl sites for hydroxylation is 2. The van der Waals surface area contributed by atoms with E-state index in [1.807, 2.05) is 26.8 Å². The number of halogens is 1. The smallest absolute Gasteiger partial charge is 0.310 e. The molecule has 94 valence electrons. The van der Waals surface area contributed by atoms with Gasteiger partial charge in [-0.3, -0.25) is 4.79 Å². The molecule has 1 aromatic carbocycles. The molecule has 0 amide bonds. The Morgan fingerprint density at radius 3 is 2.65 bits per heavy atom. The molecule has 0 heterocycles. The second kappa shape index (κ2) is 5.92. The summed E-state index contributed by atoms with van der Waals surface area (Å²) in [5.74, 6) is -0.421. The van der Waals surface area contributed by atoms with Gasteiger partial charge in [0.25, 0.3) is 0 Å². The van der Waals surface area contributed by atoms with Crippen LogP contribution in [0.4, 0.5) is 5.69 Å². The van der Waals surface area contributed by atoms with Crippen molar-refractivity contribution in [3.8, 4) is 0 Å². The normalized spacial score (nSPS) is 12.1. The lowest BCUT2D eigenvalue weighted by Gasteiger charge is -2.15. The first-order chi connectivity index (χ1) is 7.95. The standard InChI is InChI=1S/C13H18ClNO2/c1-8-5-9(2)12(11(14)6-8)15-7-10(3)13(16)17-4/h5-6,10,15H,7H2,1-4H3. The van der Waals surface area contributed by atoms with Crippen LogP contribution in [0.5, 0.6) is 0 Å². The van der Waals surface area contributed by atoms with E-state index < -0.39 is 0 Å². The predicted molar refractivity (Wildman–Crippen MR) is 70.6 cm³/mol. The second-order valence-corrected chi connectivity index (χ2v) is 4.65. The number of rotatable bonds is 4. The quantitative estimate of drug-likeness (QED) is 0.840. The lowest BCUT2D eigenvalue weighted by atomic mass is 10.1. The van der Waals surface area contributed by atoms with Crippen molar-refractivity contribution in [2.24, 2.45) is 5.92 Å². The van der Waals surface area contributed by atoms with E-state index in [0.29, 0.717) is 11.6 Å². The summed E-state index contributed by atoms with van der Waals surface area (Å²) in [6.07, 6.45) is 0. The summed E-state index contributed by atoms with van der Waals surface area (Å²) in [4.78, 5) is 11.3. The first-order valence-electron chi connectivity index (χ1n) is 5.54. The summed E-state index contributed by atoms with van der Waals surface area (Å²) >= 11 is 6.15. The minimum Gasteiger partial charge on any atom is -0.469 e. The SMILES string of the molecule is COC(=O)C(C)CNc1c(C)cc(C)cc1Cl. The van der Waals surface area contributed by atoms with Crippen LogP contribution in [0.15, 0.2) is 12.1 Å². The number of nitrogens with one attached hydrogen (secondary N) is 1. The van der Waals surface area contributed by atoms with Gasteiger partial charge in [-0.05, 0) is 31.0 Å². The summed E-state index contributed by atoms with van der Waals surface area (Å²) in [5.41, 5.74) is 3.08. The largest absolute Gasteiger partial charge is 0.469 e. The van der Waals surface area contributed by atoms with Gasteiger partial charge in [0.2, 0.25) is 0 Å². The molecule has 0 fully saturated rings. The summed E-state index contributed by atoms with van der Waals surface area (Å²) < 4.78 is 4.67. The van der Waals surface area contributed by atoms with Crippen molar-refractivity contribution in [3.05, 3.63) is 28.3 Å². The van der Waals surface area contributed by atoms with Crippen molar-refractivity contribution >= 4 is 23.3 Å². The number of ether oxygens (including phenoxy) is 1. The highest BCUT2D eigenvalue weighted by molar-refractivity contribution is 6.33. The van der Waals surface area contributed by atoms with Crippen LogP contribution in [0.2, 0.25) is 5.02 Å². The zero-order chi connectivity index (χ0) is 13.0. The van der Waals surface area contributed by atoms with Gasteiger partial charge in [-0.2, -0.15) is 0 Å². The number of anilines is 1. The van der Waals surface area contributed by atoms with Gasteiger partial charge in [-0.1, -0.05) is 24.6 Å². The Labute approximate surface area is 107 Å². The lowest BCUT2D eigenvalue weighted by molar-refractivity contribution is -0.144. The van der Waals surface area contributed by atoms with E-state index in [1.165, 1.54) is 7.11 Å². The first-order valence-corrected chi connectivity index (χ1v) is 5.92. The van der Waals surface area contributed by atoms with Crippen LogP contribution in [0, 0.1) is 19.8 Å². The van der Waals surface area contributed by atoms with Gasteiger partial charge >= 0.3 is 5.97 Å². The number of hydrogen-bond acceptors (Lipinski definition) is 3. The molecule has 0 aliphatic carbocycles. The van der Waals surface area contributed by atoms with E-state index in [9.17, 15) is 4.79 Å².